The van der Waals surface area contributed by atoms with Gasteiger partial charge in [-0.3, -0.25) is 4.79 Å². The monoisotopic (exact) mass is 385 g/mol. The quantitative estimate of drug-likeness (QED) is 0.486. The average Bonchev–Trinajstić information content (AvgIpc) is 2.74. The summed E-state index contributed by atoms with van der Waals surface area (Å²) in [7, 11) is 0. The summed E-state index contributed by atoms with van der Waals surface area (Å²) in [6.45, 7) is 0.284. The first-order valence-corrected chi connectivity index (χ1v) is 9.42. The second-order valence-electron chi connectivity index (χ2n) is 6.81. The van der Waals surface area contributed by atoms with E-state index in [0.717, 1.165) is 16.8 Å². The number of H-pyrrole nitrogens is 1. The number of benzene rings is 3. The summed E-state index contributed by atoms with van der Waals surface area (Å²) in [5.74, 6) is -0.332. The van der Waals surface area contributed by atoms with Gasteiger partial charge < -0.3 is 9.72 Å². The molecule has 1 N–H and O–H groups in total. The van der Waals surface area contributed by atoms with Gasteiger partial charge in [0.05, 0.1) is 0 Å². The highest BCUT2D eigenvalue weighted by Crippen LogP contribution is 2.24. The molecule has 0 saturated heterocycles. The van der Waals surface area contributed by atoms with Gasteiger partial charge in [0.2, 0.25) is 0 Å². The molecule has 0 radical (unpaired) electrons. The molecule has 144 valence electrons. The lowest BCUT2D eigenvalue weighted by atomic mass is 10.0. The van der Waals surface area contributed by atoms with Crippen LogP contribution in [-0.4, -0.2) is 4.98 Å². The van der Waals surface area contributed by atoms with Crippen LogP contribution in [0.1, 0.15) is 16.8 Å². The molecule has 1 heterocycles. The second kappa shape index (κ2) is 8.57. The molecule has 0 aliphatic heterocycles. The highest BCUT2D eigenvalue weighted by molar-refractivity contribution is 5.63. The number of pyridine rings is 1. The molecule has 0 atom stereocenters. The van der Waals surface area contributed by atoms with Crippen molar-refractivity contribution in [1.29, 1.82) is 0 Å². The van der Waals surface area contributed by atoms with E-state index in [0.29, 0.717) is 17.5 Å². The van der Waals surface area contributed by atoms with Crippen molar-refractivity contribution in [3.05, 3.63) is 124 Å². The van der Waals surface area contributed by atoms with Gasteiger partial charge in [0, 0.05) is 17.7 Å². The Morgan fingerprint density at radius 2 is 1.48 bits per heavy atom. The molecule has 0 aliphatic carbocycles. The molecule has 0 amide bonds. The van der Waals surface area contributed by atoms with E-state index in [2.05, 4.69) is 4.98 Å². The highest BCUT2D eigenvalue weighted by Gasteiger charge is 2.10. The number of aromatic nitrogens is 1. The number of hydrogen-bond acceptors (Lipinski definition) is 2. The van der Waals surface area contributed by atoms with Crippen molar-refractivity contribution in [3.8, 4) is 16.9 Å². The SMILES string of the molecule is O=c1[nH]c(Cc2ccccc2)ccc1-c1ccc(OCc2ccccc2)c(F)c1. The largest absolute Gasteiger partial charge is 0.486 e. The number of ether oxygens (including phenoxy) is 1. The Labute approximate surface area is 168 Å². The van der Waals surface area contributed by atoms with Crippen molar-refractivity contribution in [3.63, 3.8) is 0 Å². The minimum Gasteiger partial charge on any atom is -0.486 e. The van der Waals surface area contributed by atoms with Crippen LogP contribution in [0, 0.1) is 5.82 Å². The molecule has 0 aliphatic rings. The van der Waals surface area contributed by atoms with Gasteiger partial charge in [-0.25, -0.2) is 4.39 Å². The average molecular weight is 385 g/mol. The highest BCUT2D eigenvalue weighted by atomic mass is 19.1. The summed E-state index contributed by atoms with van der Waals surface area (Å²) in [6.07, 6.45) is 0.636. The van der Waals surface area contributed by atoms with E-state index in [4.69, 9.17) is 4.74 Å². The maximum atomic E-state index is 14.5. The summed E-state index contributed by atoms with van der Waals surface area (Å²) in [5, 5.41) is 0. The van der Waals surface area contributed by atoms with E-state index < -0.39 is 5.82 Å². The van der Waals surface area contributed by atoms with Crippen LogP contribution in [0.3, 0.4) is 0 Å². The van der Waals surface area contributed by atoms with Crippen LogP contribution in [0.5, 0.6) is 5.75 Å². The Balaban J connectivity index is 1.51. The third kappa shape index (κ3) is 4.61. The number of aromatic amines is 1. The number of nitrogens with one attached hydrogen (secondary N) is 1. The number of hydrogen-bond donors (Lipinski definition) is 1. The van der Waals surface area contributed by atoms with E-state index >= 15 is 0 Å². The molecule has 4 heteroatoms. The van der Waals surface area contributed by atoms with Crippen LogP contribution in [-0.2, 0) is 13.0 Å². The third-order valence-electron chi connectivity index (χ3n) is 4.69. The van der Waals surface area contributed by atoms with Crippen LogP contribution in [0.25, 0.3) is 11.1 Å². The molecule has 3 aromatic carbocycles. The molecule has 0 saturated carbocycles. The van der Waals surface area contributed by atoms with Gasteiger partial charge >= 0.3 is 0 Å². The predicted octanol–water partition coefficient (Wildman–Crippen LogP) is 5.35. The molecular weight excluding hydrogens is 365 g/mol. The van der Waals surface area contributed by atoms with Gasteiger partial charge in [-0.15, -0.1) is 0 Å². The number of halogens is 1. The Kier molecular flexibility index (Phi) is 5.52. The molecule has 3 nitrogen and oxygen atoms in total. The van der Waals surface area contributed by atoms with Gasteiger partial charge in [0.15, 0.2) is 11.6 Å². The topological polar surface area (TPSA) is 42.1 Å². The van der Waals surface area contributed by atoms with Gasteiger partial charge in [-0.2, -0.15) is 0 Å². The molecule has 0 fully saturated rings. The minimum atomic E-state index is -0.494. The maximum absolute atomic E-state index is 14.5. The molecule has 0 bridgehead atoms. The second-order valence-corrected chi connectivity index (χ2v) is 6.81. The number of rotatable bonds is 6. The minimum absolute atomic E-state index is 0.162. The zero-order chi connectivity index (χ0) is 20.1. The summed E-state index contributed by atoms with van der Waals surface area (Å²) in [6, 6.07) is 27.7. The third-order valence-corrected chi connectivity index (χ3v) is 4.69. The van der Waals surface area contributed by atoms with Crippen molar-refractivity contribution in [2.24, 2.45) is 0 Å². The van der Waals surface area contributed by atoms with E-state index in [9.17, 15) is 9.18 Å². The van der Waals surface area contributed by atoms with E-state index in [1.54, 1.807) is 18.2 Å². The maximum Gasteiger partial charge on any atom is 0.256 e. The van der Waals surface area contributed by atoms with Crippen LogP contribution in [0.2, 0.25) is 0 Å². The lowest BCUT2D eigenvalue weighted by Gasteiger charge is -2.09. The van der Waals surface area contributed by atoms with E-state index in [1.165, 1.54) is 6.07 Å². The normalized spacial score (nSPS) is 10.7. The smallest absolute Gasteiger partial charge is 0.256 e. The van der Waals surface area contributed by atoms with Crippen molar-refractivity contribution >= 4 is 0 Å². The zero-order valence-electron chi connectivity index (χ0n) is 15.8. The van der Waals surface area contributed by atoms with E-state index in [-0.39, 0.29) is 17.9 Å². The zero-order valence-corrected chi connectivity index (χ0v) is 15.8. The van der Waals surface area contributed by atoms with Crippen molar-refractivity contribution < 1.29 is 9.13 Å². The summed E-state index contributed by atoms with van der Waals surface area (Å²) in [5.41, 5.74) is 3.59. The summed E-state index contributed by atoms with van der Waals surface area (Å²) < 4.78 is 20.1. The van der Waals surface area contributed by atoms with Crippen LogP contribution >= 0.6 is 0 Å². The lowest BCUT2D eigenvalue weighted by molar-refractivity contribution is 0.290. The fourth-order valence-corrected chi connectivity index (χ4v) is 3.18. The molecule has 0 unspecified atom stereocenters. The van der Waals surface area contributed by atoms with Crippen molar-refractivity contribution in [2.45, 2.75) is 13.0 Å². The van der Waals surface area contributed by atoms with Crippen LogP contribution in [0.15, 0.2) is 95.8 Å². The predicted molar refractivity (Wildman–Crippen MR) is 112 cm³/mol. The Morgan fingerprint density at radius 1 is 0.793 bits per heavy atom. The van der Waals surface area contributed by atoms with Gasteiger partial charge in [0.25, 0.3) is 5.56 Å². The molecule has 29 heavy (non-hydrogen) atoms. The first kappa shape index (κ1) is 18.7. The summed E-state index contributed by atoms with van der Waals surface area (Å²) in [4.78, 5) is 15.4. The fourth-order valence-electron chi connectivity index (χ4n) is 3.18. The Morgan fingerprint density at radius 3 is 2.14 bits per heavy atom. The van der Waals surface area contributed by atoms with Crippen LogP contribution < -0.4 is 10.3 Å². The van der Waals surface area contributed by atoms with Crippen LogP contribution in [0.4, 0.5) is 4.39 Å². The molecule has 4 aromatic rings. The van der Waals surface area contributed by atoms with Crippen molar-refractivity contribution in [2.75, 3.05) is 0 Å². The first-order valence-electron chi connectivity index (χ1n) is 9.42. The van der Waals surface area contributed by atoms with E-state index in [1.807, 2.05) is 66.7 Å². The Bertz CT molecular complexity index is 1150. The fraction of sp³-hybridized carbons (Fsp3) is 0.0800. The molecule has 4 rings (SSSR count). The molecule has 0 spiro atoms. The molecular formula is C25H20FNO2. The lowest BCUT2D eigenvalue weighted by Crippen LogP contribution is -2.11. The van der Waals surface area contributed by atoms with Gasteiger partial charge in [0.1, 0.15) is 6.61 Å². The first-order chi connectivity index (χ1) is 14.2. The standard InChI is InChI=1S/C25H20FNO2/c26-23-16-20(11-14-24(23)29-17-19-9-5-2-6-10-19)22-13-12-21(27-25(22)28)15-18-7-3-1-4-8-18/h1-14,16H,15,17H2,(H,27,28). The Hall–Kier alpha value is -3.66. The summed E-state index contributed by atoms with van der Waals surface area (Å²) >= 11 is 0. The van der Waals surface area contributed by atoms with Gasteiger partial charge in [-0.05, 0) is 41.0 Å². The van der Waals surface area contributed by atoms with Crippen molar-refractivity contribution in [1.82, 2.24) is 4.98 Å². The van der Waals surface area contributed by atoms with Gasteiger partial charge in [-0.1, -0.05) is 66.7 Å². The molecule has 1 aromatic heterocycles.